The van der Waals surface area contributed by atoms with Gasteiger partial charge in [-0.3, -0.25) is 4.79 Å². The molecule has 18 heavy (non-hydrogen) atoms. The molecule has 1 heterocycles. The average molecular weight is 242 g/mol. The maximum Gasteiger partial charge on any atom is 0.291 e. The average Bonchev–Trinajstić information content (AvgIpc) is 2.86. The molecule has 5 heteroatoms. The molecule has 0 aliphatic rings. The van der Waals surface area contributed by atoms with Crippen molar-refractivity contribution >= 4 is 5.91 Å². The quantitative estimate of drug-likeness (QED) is 0.826. The van der Waals surface area contributed by atoms with Gasteiger partial charge in [-0.1, -0.05) is 24.3 Å². The number of amides is 1. The Kier molecular flexibility index (Phi) is 3.52. The summed E-state index contributed by atoms with van der Waals surface area (Å²) in [4.78, 5) is 15.6. The number of nitrogens with zero attached hydrogens (tertiary/aromatic N) is 3. The van der Waals surface area contributed by atoms with Gasteiger partial charge in [0.15, 0.2) is 0 Å². The van der Waals surface area contributed by atoms with Crippen molar-refractivity contribution in [3.05, 3.63) is 54.6 Å². The predicted molar refractivity (Wildman–Crippen MR) is 68.6 cm³/mol. The molecule has 1 aromatic carbocycles. The maximum atomic E-state index is 11.6. The second-order valence-electron chi connectivity index (χ2n) is 3.80. The van der Waals surface area contributed by atoms with Crippen molar-refractivity contribution in [1.29, 1.82) is 0 Å². The summed E-state index contributed by atoms with van der Waals surface area (Å²) in [5.74, 6) is -0.151. The summed E-state index contributed by atoms with van der Waals surface area (Å²) in [6, 6.07) is 7.78. The summed E-state index contributed by atoms with van der Waals surface area (Å²) in [6.07, 6.45) is 3.14. The molecule has 0 aliphatic heterocycles. The van der Waals surface area contributed by atoms with E-state index in [0.717, 1.165) is 11.3 Å². The van der Waals surface area contributed by atoms with Crippen LogP contribution in [0.2, 0.25) is 0 Å². The van der Waals surface area contributed by atoms with Crippen LogP contribution in [0.25, 0.3) is 5.69 Å². The van der Waals surface area contributed by atoms with Crippen LogP contribution in [-0.2, 0) is 0 Å². The minimum Gasteiger partial charge on any atom is -0.346 e. The molecular formula is C13H14N4O. The van der Waals surface area contributed by atoms with Gasteiger partial charge in [-0.2, -0.15) is 0 Å². The minimum atomic E-state index is -0.303. The van der Waals surface area contributed by atoms with Crippen LogP contribution in [-0.4, -0.2) is 27.2 Å². The highest BCUT2D eigenvalue weighted by Gasteiger charge is 2.11. The first-order valence-electron chi connectivity index (χ1n) is 5.59. The molecule has 0 saturated carbocycles. The second kappa shape index (κ2) is 5.27. The van der Waals surface area contributed by atoms with Crippen molar-refractivity contribution in [2.45, 2.75) is 6.92 Å². The monoisotopic (exact) mass is 242 g/mol. The Bertz CT molecular complexity index is 574. The fourth-order valence-electron chi connectivity index (χ4n) is 1.55. The van der Waals surface area contributed by atoms with E-state index < -0.39 is 0 Å². The van der Waals surface area contributed by atoms with E-state index >= 15 is 0 Å². The highest BCUT2D eigenvalue weighted by atomic mass is 16.2. The summed E-state index contributed by atoms with van der Waals surface area (Å²) in [5, 5.41) is 6.79. The van der Waals surface area contributed by atoms with E-state index in [1.54, 1.807) is 10.8 Å². The molecule has 0 saturated heterocycles. The van der Waals surface area contributed by atoms with Crippen LogP contribution in [0.1, 0.15) is 16.2 Å². The van der Waals surface area contributed by atoms with E-state index in [4.69, 9.17) is 0 Å². The molecule has 0 atom stereocenters. The third-order valence-electron chi connectivity index (χ3n) is 2.46. The molecule has 92 valence electrons. The van der Waals surface area contributed by atoms with Gasteiger partial charge in [-0.15, -0.1) is 11.7 Å². The Morgan fingerprint density at radius 3 is 3.00 bits per heavy atom. The Labute approximate surface area is 105 Å². The van der Waals surface area contributed by atoms with Crippen molar-refractivity contribution in [1.82, 2.24) is 20.1 Å². The molecular weight excluding hydrogens is 228 g/mol. The molecule has 0 radical (unpaired) electrons. The first kappa shape index (κ1) is 12.0. The zero-order chi connectivity index (χ0) is 13.0. The summed E-state index contributed by atoms with van der Waals surface area (Å²) in [7, 11) is 0. The smallest absolute Gasteiger partial charge is 0.291 e. The van der Waals surface area contributed by atoms with Gasteiger partial charge in [0.1, 0.15) is 6.33 Å². The molecule has 0 aliphatic carbocycles. The number of carbonyl (C=O) groups is 1. The number of hydrogen-bond acceptors (Lipinski definition) is 3. The van der Waals surface area contributed by atoms with Gasteiger partial charge in [0, 0.05) is 6.54 Å². The molecule has 0 unspecified atom stereocenters. The summed E-state index contributed by atoms with van der Waals surface area (Å²) in [5.41, 5.74) is 1.98. The fourth-order valence-corrected chi connectivity index (χ4v) is 1.55. The van der Waals surface area contributed by atoms with Gasteiger partial charge in [-0.05, 0) is 18.6 Å². The maximum absolute atomic E-state index is 11.6. The van der Waals surface area contributed by atoms with Crippen LogP contribution in [0.5, 0.6) is 0 Å². The molecule has 0 spiro atoms. The van der Waals surface area contributed by atoms with Crippen LogP contribution >= 0.6 is 0 Å². The lowest BCUT2D eigenvalue weighted by atomic mass is 10.2. The lowest BCUT2D eigenvalue weighted by Crippen LogP contribution is -2.24. The summed E-state index contributed by atoms with van der Waals surface area (Å²) >= 11 is 0. The first-order valence-corrected chi connectivity index (χ1v) is 5.59. The number of aryl methyl sites for hydroxylation is 1. The van der Waals surface area contributed by atoms with E-state index in [9.17, 15) is 4.79 Å². The van der Waals surface area contributed by atoms with Crippen molar-refractivity contribution in [2.24, 2.45) is 0 Å². The van der Waals surface area contributed by atoms with E-state index in [2.05, 4.69) is 22.0 Å². The van der Waals surface area contributed by atoms with Gasteiger partial charge in [-0.25, -0.2) is 9.67 Å². The normalized spacial score (nSPS) is 10.1. The summed E-state index contributed by atoms with van der Waals surface area (Å²) in [6.45, 7) is 5.91. The van der Waals surface area contributed by atoms with Crippen molar-refractivity contribution in [3.63, 3.8) is 0 Å². The van der Waals surface area contributed by atoms with E-state index in [1.807, 2.05) is 31.2 Å². The molecule has 1 N–H and O–H groups in total. The molecule has 1 amide bonds. The fraction of sp³-hybridized carbons (Fsp3) is 0.154. The van der Waals surface area contributed by atoms with Crippen LogP contribution in [0, 0.1) is 6.92 Å². The standard InChI is InChI=1S/C13H14N4O/c1-3-8-14-13(18)12-15-9-17(16-12)11-7-5-4-6-10(11)2/h3-7,9H,1,8H2,2H3,(H,14,18). The number of carbonyl (C=O) groups excluding carboxylic acids is 1. The van der Waals surface area contributed by atoms with Gasteiger partial charge < -0.3 is 5.32 Å². The molecule has 0 fully saturated rings. The molecule has 2 rings (SSSR count). The number of aromatic nitrogens is 3. The molecule has 2 aromatic rings. The Morgan fingerprint density at radius 1 is 1.50 bits per heavy atom. The summed E-state index contributed by atoms with van der Waals surface area (Å²) < 4.78 is 1.60. The number of hydrogen-bond donors (Lipinski definition) is 1. The van der Waals surface area contributed by atoms with Crippen LogP contribution in [0.3, 0.4) is 0 Å². The van der Waals surface area contributed by atoms with Crippen molar-refractivity contribution in [3.8, 4) is 5.69 Å². The largest absolute Gasteiger partial charge is 0.346 e. The number of benzene rings is 1. The highest BCUT2D eigenvalue weighted by molar-refractivity contribution is 5.90. The van der Waals surface area contributed by atoms with Gasteiger partial charge >= 0.3 is 0 Å². The van der Waals surface area contributed by atoms with Crippen molar-refractivity contribution < 1.29 is 4.79 Å². The second-order valence-corrected chi connectivity index (χ2v) is 3.80. The lowest BCUT2D eigenvalue weighted by molar-refractivity contribution is 0.0948. The third-order valence-corrected chi connectivity index (χ3v) is 2.46. The predicted octanol–water partition coefficient (Wildman–Crippen LogP) is 1.49. The SMILES string of the molecule is C=CCNC(=O)c1ncn(-c2ccccc2C)n1. The topological polar surface area (TPSA) is 59.8 Å². The molecule has 0 bridgehead atoms. The Balaban J connectivity index is 2.23. The highest BCUT2D eigenvalue weighted by Crippen LogP contribution is 2.11. The number of rotatable bonds is 4. The Hall–Kier alpha value is -2.43. The van der Waals surface area contributed by atoms with Crippen LogP contribution < -0.4 is 5.32 Å². The minimum absolute atomic E-state index is 0.153. The zero-order valence-corrected chi connectivity index (χ0v) is 10.1. The lowest BCUT2D eigenvalue weighted by Gasteiger charge is -2.03. The van der Waals surface area contributed by atoms with E-state index in [1.165, 1.54) is 6.33 Å². The Morgan fingerprint density at radius 2 is 2.28 bits per heavy atom. The van der Waals surface area contributed by atoms with E-state index in [-0.39, 0.29) is 11.7 Å². The van der Waals surface area contributed by atoms with E-state index in [0.29, 0.717) is 6.54 Å². The molecule has 5 nitrogen and oxygen atoms in total. The number of para-hydroxylation sites is 1. The number of nitrogens with one attached hydrogen (secondary N) is 1. The van der Waals surface area contributed by atoms with Gasteiger partial charge in [0.05, 0.1) is 5.69 Å². The zero-order valence-electron chi connectivity index (χ0n) is 10.1. The third kappa shape index (κ3) is 2.45. The van der Waals surface area contributed by atoms with Crippen LogP contribution in [0.15, 0.2) is 43.2 Å². The molecule has 1 aromatic heterocycles. The van der Waals surface area contributed by atoms with Gasteiger partial charge in [0.25, 0.3) is 5.91 Å². The van der Waals surface area contributed by atoms with Gasteiger partial charge in [0.2, 0.25) is 5.82 Å². The van der Waals surface area contributed by atoms with Crippen molar-refractivity contribution in [2.75, 3.05) is 6.54 Å². The van der Waals surface area contributed by atoms with Crippen LogP contribution in [0.4, 0.5) is 0 Å². The first-order chi connectivity index (χ1) is 8.72.